The summed E-state index contributed by atoms with van der Waals surface area (Å²) >= 11 is 0. The fraction of sp³-hybridized carbons (Fsp3) is 0.167. The third kappa shape index (κ3) is 3.28. The number of aromatic nitrogens is 1. The second-order valence-corrected chi connectivity index (χ2v) is 5.38. The van der Waals surface area contributed by atoms with Gasteiger partial charge in [-0.2, -0.15) is 0 Å². The van der Waals surface area contributed by atoms with Crippen LogP contribution < -0.4 is 11.1 Å². The molecule has 4 N–H and O–H groups in total. The van der Waals surface area contributed by atoms with Gasteiger partial charge in [0.1, 0.15) is 0 Å². The number of anilines is 1. The molecule has 1 amide bonds. The van der Waals surface area contributed by atoms with Gasteiger partial charge in [0.05, 0.1) is 6.42 Å². The first kappa shape index (κ1) is 14.2. The number of hydrogen-bond acceptors (Lipinski definition) is 2. The van der Waals surface area contributed by atoms with E-state index in [0.717, 1.165) is 17.5 Å². The molecule has 22 heavy (non-hydrogen) atoms. The molecule has 0 saturated heterocycles. The van der Waals surface area contributed by atoms with Crippen molar-refractivity contribution >= 4 is 22.5 Å². The highest BCUT2D eigenvalue weighted by Gasteiger charge is 2.05. The molecular formula is C18H19N3O. The molecule has 0 unspecified atom stereocenters. The lowest BCUT2D eigenvalue weighted by atomic mass is 10.1. The summed E-state index contributed by atoms with van der Waals surface area (Å²) in [4.78, 5) is 15.2. The molecule has 1 aromatic heterocycles. The Morgan fingerprint density at radius 2 is 1.86 bits per heavy atom. The van der Waals surface area contributed by atoms with E-state index in [1.165, 1.54) is 10.9 Å². The molecule has 3 rings (SSSR count). The predicted octanol–water partition coefficient (Wildman–Crippen LogP) is 2.65. The lowest BCUT2D eigenvalue weighted by Crippen LogP contribution is -2.27. The van der Waals surface area contributed by atoms with Gasteiger partial charge >= 0.3 is 0 Å². The van der Waals surface area contributed by atoms with Crippen LogP contribution in [0.3, 0.4) is 0 Å². The maximum absolute atomic E-state index is 11.9. The number of benzene rings is 2. The SMILES string of the molecule is Nc1ccc(CC(=O)NCCc2c[nH]c3ccccc23)cc1. The number of carbonyl (C=O) groups excluding carboxylic acids is 1. The van der Waals surface area contributed by atoms with Crippen LogP contribution in [0.15, 0.2) is 54.7 Å². The molecule has 0 radical (unpaired) electrons. The van der Waals surface area contributed by atoms with E-state index in [9.17, 15) is 4.79 Å². The van der Waals surface area contributed by atoms with E-state index < -0.39 is 0 Å². The zero-order valence-corrected chi connectivity index (χ0v) is 12.3. The van der Waals surface area contributed by atoms with Gasteiger partial charge in [0.25, 0.3) is 0 Å². The summed E-state index contributed by atoms with van der Waals surface area (Å²) in [5, 5.41) is 4.18. The minimum Gasteiger partial charge on any atom is -0.399 e. The molecule has 0 atom stereocenters. The Labute approximate surface area is 129 Å². The number of nitrogens with one attached hydrogen (secondary N) is 2. The largest absolute Gasteiger partial charge is 0.399 e. The van der Waals surface area contributed by atoms with Crippen molar-refractivity contribution in [2.24, 2.45) is 0 Å². The van der Waals surface area contributed by atoms with Gasteiger partial charge in [-0.1, -0.05) is 30.3 Å². The van der Waals surface area contributed by atoms with Gasteiger partial charge < -0.3 is 16.0 Å². The van der Waals surface area contributed by atoms with Crippen molar-refractivity contribution in [1.82, 2.24) is 10.3 Å². The van der Waals surface area contributed by atoms with Gasteiger partial charge in [0.15, 0.2) is 0 Å². The number of nitrogen functional groups attached to an aromatic ring is 1. The number of amides is 1. The molecule has 3 aromatic rings. The van der Waals surface area contributed by atoms with Crippen molar-refractivity contribution < 1.29 is 4.79 Å². The molecule has 0 aliphatic carbocycles. The molecule has 0 saturated carbocycles. The maximum Gasteiger partial charge on any atom is 0.224 e. The van der Waals surface area contributed by atoms with Crippen LogP contribution in [0.1, 0.15) is 11.1 Å². The molecule has 2 aromatic carbocycles. The average Bonchev–Trinajstić information content (AvgIpc) is 2.93. The summed E-state index contributed by atoms with van der Waals surface area (Å²) in [7, 11) is 0. The topological polar surface area (TPSA) is 70.9 Å². The van der Waals surface area contributed by atoms with Gasteiger partial charge in [-0.25, -0.2) is 0 Å². The number of para-hydroxylation sites is 1. The Morgan fingerprint density at radius 1 is 1.09 bits per heavy atom. The van der Waals surface area contributed by atoms with Gasteiger partial charge in [-0.3, -0.25) is 4.79 Å². The Hall–Kier alpha value is -2.75. The first-order valence-corrected chi connectivity index (χ1v) is 7.38. The number of rotatable bonds is 5. The summed E-state index contributed by atoms with van der Waals surface area (Å²) < 4.78 is 0. The Bertz CT molecular complexity index is 774. The molecule has 4 nitrogen and oxygen atoms in total. The third-order valence-corrected chi connectivity index (χ3v) is 3.74. The highest BCUT2D eigenvalue weighted by atomic mass is 16.1. The van der Waals surface area contributed by atoms with Crippen LogP contribution in [0.2, 0.25) is 0 Å². The fourth-order valence-electron chi connectivity index (χ4n) is 2.56. The molecule has 0 fully saturated rings. The van der Waals surface area contributed by atoms with Crippen molar-refractivity contribution in [1.29, 1.82) is 0 Å². The van der Waals surface area contributed by atoms with E-state index in [1.807, 2.05) is 42.6 Å². The van der Waals surface area contributed by atoms with Crippen LogP contribution in [0.4, 0.5) is 5.69 Å². The predicted molar refractivity (Wildman–Crippen MR) is 89.6 cm³/mol. The zero-order chi connectivity index (χ0) is 15.4. The summed E-state index contributed by atoms with van der Waals surface area (Å²) in [6.07, 6.45) is 3.21. The summed E-state index contributed by atoms with van der Waals surface area (Å²) in [6, 6.07) is 15.6. The molecule has 0 spiro atoms. The second-order valence-electron chi connectivity index (χ2n) is 5.38. The first-order chi connectivity index (χ1) is 10.7. The van der Waals surface area contributed by atoms with Crippen molar-refractivity contribution in [3.05, 3.63) is 65.9 Å². The maximum atomic E-state index is 11.9. The van der Waals surface area contributed by atoms with Crippen molar-refractivity contribution in [3.63, 3.8) is 0 Å². The van der Waals surface area contributed by atoms with Gasteiger partial charge in [-0.15, -0.1) is 0 Å². The summed E-state index contributed by atoms with van der Waals surface area (Å²) in [5.74, 6) is 0.0320. The molecule has 0 bridgehead atoms. The van der Waals surface area contributed by atoms with Crippen LogP contribution >= 0.6 is 0 Å². The number of carbonyl (C=O) groups is 1. The van der Waals surface area contributed by atoms with Crippen molar-refractivity contribution in [2.75, 3.05) is 12.3 Å². The Balaban J connectivity index is 1.52. The van der Waals surface area contributed by atoms with E-state index in [-0.39, 0.29) is 5.91 Å². The number of hydrogen-bond donors (Lipinski definition) is 3. The monoisotopic (exact) mass is 293 g/mol. The van der Waals surface area contributed by atoms with E-state index in [4.69, 9.17) is 5.73 Å². The lowest BCUT2D eigenvalue weighted by molar-refractivity contribution is -0.120. The van der Waals surface area contributed by atoms with E-state index >= 15 is 0 Å². The minimum atomic E-state index is 0.0320. The first-order valence-electron chi connectivity index (χ1n) is 7.38. The van der Waals surface area contributed by atoms with Gasteiger partial charge in [-0.05, 0) is 35.7 Å². The minimum absolute atomic E-state index is 0.0320. The Kier molecular flexibility index (Phi) is 4.10. The summed E-state index contributed by atoms with van der Waals surface area (Å²) in [6.45, 7) is 0.635. The highest BCUT2D eigenvalue weighted by Crippen LogP contribution is 2.17. The molecular weight excluding hydrogens is 274 g/mol. The molecule has 4 heteroatoms. The molecule has 1 heterocycles. The molecule has 112 valence electrons. The quantitative estimate of drug-likeness (QED) is 0.633. The van der Waals surface area contributed by atoms with E-state index in [0.29, 0.717) is 18.7 Å². The van der Waals surface area contributed by atoms with E-state index in [1.54, 1.807) is 0 Å². The average molecular weight is 293 g/mol. The van der Waals surface area contributed by atoms with Crippen molar-refractivity contribution in [2.45, 2.75) is 12.8 Å². The zero-order valence-electron chi connectivity index (χ0n) is 12.3. The Morgan fingerprint density at radius 3 is 2.68 bits per heavy atom. The third-order valence-electron chi connectivity index (χ3n) is 3.74. The second kappa shape index (κ2) is 6.35. The normalized spacial score (nSPS) is 10.7. The van der Waals surface area contributed by atoms with Crippen LogP contribution in [0.25, 0.3) is 10.9 Å². The number of nitrogens with two attached hydrogens (primary N) is 1. The number of H-pyrrole nitrogens is 1. The molecule has 0 aliphatic heterocycles. The van der Waals surface area contributed by atoms with Crippen LogP contribution in [0.5, 0.6) is 0 Å². The smallest absolute Gasteiger partial charge is 0.224 e. The highest BCUT2D eigenvalue weighted by molar-refractivity contribution is 5.83. The summed E-state index contributed by atoms with van der Waals surface area (Å²) in [5.41, 5.74) is 9.67. The fourth-order valence-corrected chi connectivity index (χ4v) is 2.56. The number of fused-ring (bicyclic) bond motifs is 1. The molecule has 0 aliphatic rings. The van der Waals surface area contributed by atoms with Crippen molar-refractivity contribution in [3.8, 4) is 0 Å². The van der Waals surface area contributed by atoms with Crippen LogP contribution in [0, 0.1) is 0 Å². The van der Waals surface area contributed by atoms with Crippen LogP contribution in [-0.2, 0) is 17.6 Å². The van der Waals surface area contributed by atoms with E-state index in [2.05, 4.69) is 22.4 Å². The standard InChI is InChI=1S/C18H19N3O/c19-15-7-5-13(6-8-15)11-18(22)20-10-9-14-12-21-17-4-2-1-3-16(14)17/h1-8,12,21H,9-11,19H2,(H,20,22). The van der Waals surface area contributed by atoms with Crippen LogP contribution in [-0.4, -0.2) is 17.4 Å². The number of aromatic amines is 1. The van der Waals surface area contributed by atoms with Gasteiger partial charge in [0, 0.05) is 29.3 Å². The van der Waals surface area contributed by atoms with Gasteiger partial charge in [0.2, 0.25) is 5.91 Å². The lowest BCUT2D eigenvalue weighted by Gasteiger charge is -2.05.